The largest absolute Gasteiger partial charge is 0.481 e. The summed E-state index contributed by atoms with van der Waals surface area (Å²) in [6.07, 6.45) is 3.25. The summed E-state index contributed by atoms with van der Waals surface area (Å²) in [6, 6.07) is 6.03. The highest BCUT2D eigenvalue weighted by atomic mass is 16.5. The Kier molecular flexibility index (Phi) is 5.31. The van der Waals surface area contributed by atoms with Crippen LogP contribution in [0.2, 0.25) is 0 Å². The number of benzene rings is 1. The van der Waals surface area contributed by atoms with Crippen molar-refractivity contribution in [2.75, 3.05) is 19.6 Å². The van der Waals surface area contributed by atoms with Crippen LogP contribution in [0.25, 0.3) is 0 Å². The Morgan fingerprint density at radius 2 is 2.07 bits per heavy atom. The molecule has 2 aliphatic heterocycles. The lowest BCUT2D eigenvalue weighted by molar-refractivity contribution is -0.138. The molecule has 0 bridgehead atoms. The van der Waals surface area contributed by atoms with E-state index in [0.717, 1.165) is 59.9 Å². The number of aryl methyl sites for hydroxylation is 2. The summed E-state index contributed by atoms with van der Waals surface area (Å²) in [4.78, 5) is 24.1. The molecule has 4 rings (SSSR count). The van der Waals surface area contributed by atoms with E-state index < -0.39 is 6.10 Å². The predicted molar refractivity (Wildman–Crippen MR) is 107 cm³/mol. The molecule has 0 radical (unpaired) electrons. The van der Waals surface area contributed by atoms with Crippen molar-refractivity contribution in [3.63, 3.8) is 0 Å². The Balaban J connectivity index is 1.42. The highest BCUT2D eigenvalue weighted by molar-refractivity contribution is 5.81. The van der Waals surface area contributed by atoms with Gasteiger partial charge in [-0.1, -0.05) is 6.07 Å². The number of aromatic nitrogens is 2. The molecule has 148 valence electrons. The Bertz CT molecular complexity index is 857. The molecule has 2 aromatic rings. The average Bonchev–Trinajstić information content (AvgIpc) is 3.20. The van der Waals surface area contributed by atoms with E-state index in [2.05, 4.69) is 16.4 Å². The number of hydrogen-bond donors (Lipinski definition) is 1. The second-order valence-electron chi connectivity index (χ2n) is 7.98. The van der Waals surface area contributed by atoms with E-state index in [1.54, 1.807) is 0 Å². The molecule has 1 N–H and O–H groups in total. The van der Waals surface area contributed by atoms with Gasteiger partial charge in [-0.25, -0.2) is 9.97 Å². The van der Waals surface area contributed by atoms with Gasteiger partial charge in [0.25, 0.3) is 5.91 Å². The van der Waals surface area contributed by atoms with Crippen molar-refractivity contribution in [3.05, 3.63) is 52.6 Å². The maximum Gasteiger partial charge on any atom is 0.263 e. The first kappa shape index (κ1) is 18.9. The van der Waals surface area contributed by atoms with E-state index in [1.165, 1.54) is 0 Å². The van der Waals surface area contributed by atoms with E-state index in [1.807, 2.05) is 44.0 Å². The summed E-state index contributed by atoms with van der Waals surface area (Å²) < 4.78 is 5.94. The SMILES string of the molecule is Cc1cc(C)cc(O[C@H](C)C(=O)N2CCc3nc([C@H]4CCNC4)ncc3C2)c1. The summed E-state index contributed by atoms with van der Waals surface area (Å²) in [6.45, 7) is 9.10. The number of rotatable bonds is 4. The van der Waals surface area contributed by atoms with Crippen molar-refractivity contribution >= 4 is 5.91 Å². The van der Waals surface area contributed by atoms with Gasteiger partial charge in [-0.3, -0.25) is 4.79 Å². The zero-order chi connectivity index (χ0) is 19.7. The predicted octanol–water partition coefficient (Wildman–Crippen LogP) is 2.52. The summed E-state index contributed by atoms with van der Waals surface area (Å²) in [5.41, 5.74) is 4.40. The molecule has 28 heavy (non-hydrogen) atoms. The van der Waals surface area contributed by atoms with Gasteiger partial charge in [0.1, 0.15) is 11.6 Å². The lowest BCUT2D eigenvalue weighted by Crippen LogP contribution is -2.43. The number of hydrogen-bond acceptors (Lipinski definition) is 5. The topological polar surface area (TPSA) is 67.3 Å². The molecule has 0 aliphatic carbocycles. The molecule has 3 heterocycles. The fourth-order valence-electron chi connectivity index (χ4n) is 4.10. The Hall–Kier alpha value is -2.47. The number of nitrogens with one attached hydrogen (secondary N) is 1. The minimum atomic E-state index is -0.521. The molecular formula is C22H28N4O2. The Labute approximate surface area is 166 Å². The fraction of sp³-hybridized carbons (Fsp3) is 0.500. The lowest BCUT2D eigenvalue weighted by atomic mass is 10.0. The second kappa shape index (κ2) is 7.87. The number of ether oxygens (including phenoxy) is 1. The average molecular weight is 380 g/mol. The number of amides is 1. The smallest absolute Gasteiger partial charge is 0.263 e. The van der Waals surface area contributed by atoms with Crippen LogP contribution >= 0.6 is 0 Å². The van der Waals surface area contributed by atoms with Gasteiger partial charge >= 0.3 is 0 Å². The van der Waals surface area contributed by atoms with Crippen LogP contribution in [0.4, 0.5) is 0 Å². The maximum atomic E-state index is 12.9. The molecule has 1 fully saturated rings. The molecule has 0 spiro atoms. The summed E-state index contributed by atoms with van der Waals surface area (Å²) in [7, 11) is 0. The van der Waals surface area contributed by atoms with Gasteiger partial charge in [0.05, 0.1) is 5.69 Å². The molecular weight excluding hydrogens is 352 g/mol. The maximum absolute atomic E-state index is 12.9. The molecule has 6 nitrogen and oxygen atoms in total. The van der Waals surface area contributed by atoms with E-state index in [0.29, 0.717) is 19.0 Å². The normalized spacial score (nSPS) is 20.0. The molecule has 2 aliphatic rings. The van der Waals surface area contributed by atoms with Gasteiger partial charge in [-0.15, -0.1) is 0 Å². The summed E-state index contributed by atoms with van der Waals surface area (Å²) in [5, 5.41) is 3.37. The third kappa shape index (κ3) is 4.02. The third-order valence-electron chi connectivity index (χ3n) is 5.55. The van der Waals surface area contributed by atoms with Crippen LogP contribution in [0.5, 0.6) is 5.75 Å². The van der Waals surface area contributed by atoms with Crippen molar-refractivity contribution < 1.29 is 9.53 Å². The summed E-state index contributed by atoms with van der Waals surface area (Å²) >= 11 is 0. The van der Waals surface area contributed by atoms with E-state index in [9.17, 15) is 4.79 Å². The van der Waals surface area contributed by atoms with Gasteiger partial charge in [-0.2, -0.15) is 0 Å². The molecule has 1 aromatic carbocycles. The van der Waals surface area contributed by atoms with Gasteiger partial charge < -0.3 is 15.0 Å². The van der Waals surface area contributed by atoms with Crippen molar-refractivity contribution in [2.24, 2.45) is 0 Å². The quantitative estimate of drug-likeness (QED) is 0.883. The molecule has 0 saturated carbocycles. The highest BCUT2D eigenvalue weighted by Crippen LogP contribution is 2.24. The van der Waals surface area contributed by atoms with Crippen LogP contribution in [0.1, 0.15) is 47.5 Å². The molecule has 2 atom stereocenters. The van der Waals surface area contributed by atoms with E-state index in [-0.39, 0.29) is 5.91 Å². The highest BCUT2D eigenvalue weighted by Gasteiger charge is 2.28. The summed E-state index contributed by atoms with van der Waals surface area (Å²) in [5.74, 6) is 2.11. The monoisotopic (exact) mass is 380 g/mol. The van der Waals surface area contributed by atoms with Crippen LogP contribution in [-0.4, -0.2) is 46.5 Å². The lowest BCUT2D eigenvalue weighted by Gasteiger charge is -2.30. The minimum Gasteiger partial charge on any atom is -0.481 e. The molecule has 1 amide bonds. The standard InChI is InChI=1S/C22H28N4O2/c1-14-8-15(2)10-19(9-14)28-16(3)22(27)26-7-5-20-18(13-26)12-24-21(25-20)17-4-6-23-11-17/h8-10,12,16-17,23H,4-7,11,13H2,1-3H3/t16-,17+/m1/s1. The number of carbonyl (C=O) groups excluding carboxylic acids is 1. The number of nitrogens with zero attached hydrogens (tertiary/aromatic N) is 3. The van der Waals surface area contributed by atoms with Crippen molar-refractivity contribution in [1.82, 2.24) is 20.2 Å². The van der Waals surface area contributed by atoms with Gasteiger partial charge in [0, 0.05) is 43.7 Å². The molecule has 0 unspecified atom stereocenters. The molecule has 1 aromatic heterocycles. The van der Waals surface area contributed by atoms with E-state index in [4.69, 9.17) is 9.72 Å². The van der Waals surface area contributed by atoms with Gasteiger partial charge in [0.15, 0.2) is 6.10 Å². The van der Waals surface area contributed by atoms with Crippen LogP contribution < -0.4 is 10.1 Å². The van der Waals surface area contributed by atoms with Gasteiger partial charge in [0.2, 0.25) is 0 Å². The minimum absolute atomic E-state index is 0.00822. The van der Waals surface area contributed by atoms with Crippen LogP contribution in [0, 0.1) is 13.8 Å². The molecule has 6 heteroatoms. The van der Waals surface area contributed by atoms with Crippen molar-refractivity contribution in [1.29, 1.82) is 0 Å². The number of fused-ring (bicyclic) bond motifs is 1. The fourth-order valence-corrected chi connectivity index (χ4v) is 4.10. The van der Waals surface area contributed by atoms with E-state index >= 15 is 0 Å². The Morgan fingerprint density at radius 3 is 2.79 bits per heavy atom. The first-order valence-corrected chi connectivity index (χ1v) is 10.1. The zero-order valence-electron chi connectivity index (χ0n) is 16.9. The first-order chi connectivity index (χ1) is 13.5. The molecule has 1 saturated heterocycles. The second-order valence-corrected chi connectivity index (χ2v) is 7.98. The van der Waals surface area contributed by atoms with Crippen LogP contribution in [0.15, 0.2) is 24.4 Å². The Morgan fingerprint density at radius 1 is 1.29 bits per heavy atom. The zero-order valence-corrected chi connectivity index (χ0v) is 16.9. The van der Waals surface area contributed by atoms with Crippen molar-refractivity contribution in [3.8, 4) is 5.75 Å². The first-order valence-electron chi connectivity index (χ1n) is 10.1. The van der Waals surface area contributed by atoms with Crippen LogP contribution in [0.3, 0.4) is 0 Å². The van der Waals surface area contributed by atoms with Crippen molar-refractivity contribution in [2.45, 2.75) is 52.2 Å². The van der Waals surface area contributed by atoms with Gasteiger partial charge in [-0.05, 0) is 57.0 Å². The number of carbonyl (C=O) groups is 1. The van der Waals surface area contributed by atoms with Crippen LogP contribution in [-0.2, 0) is 17.8 Å². The third-order valence-corrected chi connectivity index (χ3v) is 5.55.